The van der Waals surface area contributed by atoms with Gasteiger partial charge in [0.25, 0.3) is 15.9 Å². The third-order valence-corrected chi connectivity index (χ3v) is 5.81. The van der Waals surface area contributed by atoms with E-state index in [9.17, 15) is 13.2 Å². The summed E-state index contributed by atoms with van der Waals surface area (Å²) in [7, 11) is -1.77. The first kappa shape index (κ1) is 18.2. The fourth-order valence-electron chi connectivity index (χ4n) is 3.13. The molecule has 4 rings (SSSR count). The number of methoxy groups -OCH3 is 1. The van der Waals surface area contributed by atoms with Gasteiger partial charge in [0.2, 0.25) is 0 Å². The fraction of sp³-hybridized carbons (Fsp3) is 0.200. The second-order valence-electron chi connectivity index (χ2n) is 6.58. The van der Waals surface area contributed by atoms with Crippen LogP contribution in [-0.4, -0.2) is 44.5 Å². The molecule has 2 aliphatic heterocycles. The van der Waals surface area contributed by atoms with Crippen molar-refractivity contribution in [3.63, 3.8) is 0 Å². The molecule has 2 heterocycles. The zero-order chi connectivity index (χ0) is 19.7. The van der Waals surface area contributed by atoms with Crippen molar-refractivity contribution in [2.45, 2.75) is 6.54 Å². The van der Waals surface area contributed by atoms with Crippen molar-refractivity contribution in [2.24, 2.45) is 4.40 Å². The van der Waals surface area contributed by atoms with Crippen molar-refractivity contribution in [2.75, 3.05) is 19.4 Å². The largest absolute Gasteiger partial charge is 0.497 e. The average Bonchev–Trinajstić information content (AvgIpc) is 2.70. The molecule has 1 N–H and O–H groups in total. The quantitative estimate of drug-likeness (QED) is 0.852. The molecule has 1 amide bonds. The topological polar surface area (TPSA) is 88.1 Å². The molecule has 0 bridgehead atoms. The number of amidine groups is 1. The molecule has 0 saturated carbocycles. The van der Waals surface area contributed by atoms with Gasteiger partial charge in [-0.2, -0.15) is 0 Å². The molecule has 28 heavy (non-hydrogen) atoms. The van der Waals surface area contributed by atoms with Crippen LogP contribution in [0.3, 0.4) is 0 Å². The molecule has 0 aliphatic carbocycles. The van der Waals surface area contributed by atoms with E-state index in [2.05, 4.69) is 9.71 Å². The van der Waals surface area contributed by atoms with E-state index in [1.807, 2.05) is 36.4 Å². The number of fused-ring (bicyclic) bond motifs is 2. The minimum Gasteiger partial charge on any atom is -0.497 e. The van der Waals surface area contributed by atoms with Crippen LogP contribution in [0.25, 0.3) is 10.8 Å². The summed E-state index contributed by atoms with van der Waals surface area (Å²) in [6.45, 7) is 0.678. The summed E-state index contributed by atoms with van der Waals surface area (Å²) in [6, 6.07) is 11.8. The maximum Gasteiger partial charge on any atom is 0.256 e. The zero-order valence-corrected chi connectivity index (χ0v) is 16.1. The number of carbonyl (C=O) groups excluding carboxylic acids is 1. The summed E-state index contributed by atoms with van der Waals surface area (Å²) in [6.07, 6.45) is 4.77. The van der Waals surface area contributed by atoms with E-state index in [-0.39, 0.29) is 18.2 Å². The summed E-state index contributed by atoms with van der Waals surface area (Å²) in [5.74, 6) is 0.863. The fourth-order valence-corrected chi connectivity index (χ4v) is 4.10. The molecule has 0 radical (unpaired) electrons. The summed E-state index contributed by atoms with van der Waals surface area (Å²) >= 11 is 0. The van der Waals surface area contributed by atoms with Gasteiger partial charge in [-0.3, -0.25) is 4.79 Å². The normalized spacial score (nSPS) is 17.5. The van der Waals surface area contributed by atoms with Gasteiger partial charge in [-0.05, 0) is 46.7 Å². The summed E-state index contributed by atoms with van der Waals surface area (Å²) in [4.78, 5) is 14.2. The Morgan fingerprint density at radius 2 is 1.96 bits per heavy atom. The van der Waals surface area contributed by atoms with Crippen molar-refractivity contribution in [1.82, 2.24) is 10.2 Å². The van der Waals surface area contributed by atoms with Crippen molar-refractivity contribution < 1.29 is 17.9 Å². The number of nitrogens with zero attached hydrogens (tertiary/aromatic N) is 2. The molecule has 2 aromatic rings. The van der Waals surface area contributed by atoms with Gasteiger partial charge in [-0.1, -0.05) is 18.2 Å². The molecular weight excluding hydrogens is 378 g/mol. The third-order valence-electron chi connectivity index (χ3n) is 4.65. The van der Waals surface area contributed by atoms with Gasteiger partial charge >= 0.3 is 0 Å². The number of hydrogen-bond acceptors (Lipinski definition) is 5. The Kier molecular flexibility index (Phi) is 4.64. The Hall–Kier alpha value is -3.13. The number of amides is 1. The molecule has 8 heteroatoms. The molecule has 0 saturated heterocycles. The van der Waals surface area contributed by atoms with Crippen LogP contribution in [0.1, 0.15) is 5.56 Å². The van der Waals surface area contributed by atoms with E-state index < -0.39 is 10.0 Å². The van der Waals surface area contributed by atoms with E-state index >= 15 is 0 Å². The summed E-state index contributed by atoms with van der Waals surface area (Å²) in [5.41, 5.74) is 1.45. The summed E-state index contributed by atoms with van der Waals surface area (Å²) < 4.78 is 32.0. The molecule has 0 fully saturated rings. The predicted octanol–water partition coefficient (Wildman–Crippen LogP) is 1.96. The lowest BCUT2D eigenvalue weighted by atomic mass is 10.1. The Labute approximate surface area is 163 Å². The highest BCUT2D eigenvalue weighted by molar-refractivity contribution is 7.90. The van der Waals surface area contributed by atoms with Crippen LogP contribution < -0.4 is 10.1 Å². The lowest BCUT2D eigenvalue weighted by Crippen LogP contribution is -2.38. The van der Waals surface area contributed by atoms with Crippen molar-refractivity contribution in [3.8, 4) is 5.75 Å². The molecule has 0 atom stereocenters. The SMILES string of the molecule is COc1ccc2cc(CNC(=O)C3=CN4CCS(=O)(=O)N=C4C=C3)ccc2c1. The van der Waals surface area contributed by atoms with Crippen LogP contribution in [0.15, 0.2) is 64.7 Å². The molecule has 144 valence electrons. The molecule has 0 spiro atoms. The lowest BCUT2D eigenvalue weighted by molar-refractivity contribution is -0.117. The van der Waals surface area contributed by atoms with E-state index in [0.717, 1.165) is 22.1 Å². The van der Waals surface area contributed by atoms with Crippen LogP contribution >= 0.6 is 0 Å². The number of benzene rings is 2. The van der Waals surface area contributed by atoms with Crippen LogP contribution in [-0.2, 0) is 21.4 Å². The second kappa shape index (κ2) is 7.12. The van der Waals surface area contributed by atoms with E-state index in [4.69, 9.17) is 4.74 Å². The van der Waals surface area contributed by atoms with E-state index in [1.165, 1.54) is 0 Å². The van der Waals surface area contributed by atoms with Crippen LogP contribution in [0.2, 0.25) is 0 Å². The third kappa shape index (κ3) is 3.77. The molecule has 0 aromatic heterocycles. The van der Waals surface area contributed by atoms with Gasteiger partial charge < -0.3 is 15.0 Å². The van der Waals surface area contributed by atoms with Crippen molar-refractivity contribution in [1.29, 1.82) is 0 Å². The Bertz CT molecular complexity index is 1150. The highest BCUT2D eigenvalue weighted by atomic mass is 32.2. The second-order valence-corrected chi connectivity index (χ2v) is 8.33. The predicted molar refractivity (Wildman–Crippen MR) is 107 cm³/mol. The molecule has 2 aliphatic rings. The van der Waals surface area contributed by atoms with Crippen molar-refractivity contribution >= 4 is 32.5 Å². The minimum absolute atomic E-state index is 0.0579. The summed E-state index contributed by atoms with van der Waals surface area (Å²) in [5, 5.41) is 5.04. The molecular formula is C20H19N3O4S. The zero-order valence-electron chi connectivity index (χ0n) is 15.3. The van der Waals surface area contributed by atoms with Gasteiger partial charge in [-0.15, -0.1) is 4.40 Å². The van der Waals surface area contributed by atoms with E-state index in [0.29, 0.717) is 18.0 Å². The van der Waals surface area contributed by atoms with Gasteiger partial charge in [0.15, 0.2) is 0 Å². The monoisotopic (exact) mass is 397 g/mol. The van der Waals surface area contributed by atoms with Crippen molar-refractivity contribution in [3.05, 3.63) is 65.9 Å². The van der Waals surface area contributed by atoms with E-state index in [1.54, 1.807) is 30.4 Å². The number of nitrogens with one attached hydrogen (secondary N) is 1. The maximum atomic E-state index is 12.5. The average molecular weight is 397 g/mol. The van der Waals surface area contributed by atoms with Crippen LogP contribution in [0, 0.1) is 0 Å². The standard InChI is InChI=1S/C20H19N3O4S/c1-27-18-6-4-15-10-14(2-3-16(15)11-18)12-21-20(24)17-5-7-19-22-28(25,26)9-8-23(19)13-17/h2-7,10-11,13H,8-9,12H2,1H3,(H,21,24). The number of sulfonamides is 1. The first-order valence-electron chi connectivity index (χ1n) is 8.78. The van der Waals surface area contributed by atoms with Gasteiger partial charge in [0.1, 0.15) is 11.6 Å². The maximum absolute atomic E-state index is 12.5. The van der Waals surface area contributed by atoms with Crippen LogP contribution in [0.4, 0.5) is 0 Å². The number of rotatable bonds is 4. The molecule has 0 unspecified atom stereocenters. The van der Waals surface area contributed by atoms with Gasteiger partial charge in [-0.25, -0.2) is 8.42 Å². The Balaban J connectivity index is 1.44. The molecule has 2 aromatic carbocycles. The van der Waals surface area contributed by atoms with Gasteiger partial charge in [0.05, 0.1) is 18.4 Å². The Morgan fingerprint density at radius 1 is 1.18 bits per heavy atom. The first-order valence-corrected chi connectivity index (χ1v) is 10.4. The molecule has 7 nitrogen and oxygen atoms in total. The highest BCUT2D eigenvalue weighted by Crippen LogP contribution is 2.22. The highest BCUT2D eigenvalue weighted by Gasteiger charge is 2.24. The number of hydrogen-bond donors (Lipinski definition) is 1. The minimum atomic E-state index is -3.40. The van der Waals surface area contributed by atoms with Gasteiger partial charge in [0, 0.05) is 19.3 Å². The number of ether oxygens (including phenoxy) is 1. The Morgan fingerprint density at radius 3 is 2.79 bits per heavy atom. The lowest BCUT2D eigenvalue weighted by Gasteiger charge is -2.26. The first-order chi connectivity index (χ1) is 13.4. The van der Waals surface area contributed by atoms with Crippen LogP contribution in [0.5, 0.6) is 5.75 Å². The smallest absolute Gasteiger partial charge is 0.256 e. The number of carbonyl (C=O) groups is 1.